The summed E-state index contributed by atoms with van der Waals surface area (Å²) in [5.74, 6) is -1.71. The van der Waals surface area contributed by atoms with Gasteiger partial charge in [-0.2, -0.15) is 0 Å². The Bertz CT molecular complexity index is 1380. The molecule has 0 fully saturated rings. The highest BCUT2D eigenvalue weighted by Gasteiger charge is 2.32. The van der Waals surface area contributed by atoms with Crippen LogP contribution in [0, 0.1) is 12.7 Å². The van der Waals surface area contributed by atoms with Crippen LogP contribution in [0.4, 0.5) is 10.1 Å². The number of anilines is 1. The molecule has 0 bridgehead atoms. The van der Waals surface area contributed by atoms with Gasteiger partial charge in [-0.15, -0.1) is 0 Å². The molecule has 38 heavy (non-hydrogen) atoms. The van der Waals surface area contributed by atoms with E-state index in [1.165, 1.54) is 23.1 Å². The second-order valence-corrected chi connectivity index (χ2v) is 11.5. The number of sulfonamides is 1. The Kier molecular flexibility index (Phi) is 9.51. The maximum absolute atomic E-state index is 13.9. The fourth-order valence-corrected chi connectivity index (χ4v) is 5.37. The van der Waals surface area contributed by atoms with Gasteiger partial charge in [0.15, 0.2) is 0 Å². The number of rotatable bonds is 10. The van der Waals surface area contributed by atoms with Crippen LogP contribution in [0.3, 0.4) is 0 Å². The van der Waals surface area contributed by atoms with E-state index in [0.29, 0.717) is 0 Å². The van der Waals surface area contributed by atoms with Gasteiger partial charge in [-0.1, -0.05) is 59.6 Å². The summed E-state index contributed by atoms with van der Waals surface area (Å²) < 4.78 is 42.1. The molecule has 0 aliphatic heterocycles. The summed E-state index contributed by atoms with van der Waals surface area (Å²) in [6.45, 7) is 6.59. The lowest BCUT2D eigenvalue weighted by Gasteiger charge is -2.32. The third-order valence-electron chi connectivity index (χ3n) is 5.87. The quantitative estimate of drug-likeness (QED) is 0.382. The van der Waals surface area contributed by atoms with Gasteiger partial charge >= 0.3 is 0 Å². The molecular formula is C28H31ClFN3O4S. The normalized spacial score (nSPS) is 12.2. The fraction of sp³-hybridized carbons (Fsp3) is 0.286. The maximum Gasteiger partial charge on any atom is 0.264 e. The van der Waals surface area contributed by atoms with Crippen LogP contribution < -0.4 is 9.62 Å². The summed E-state index contributed by atoms with van der Waals surface area (Å²) in [4.78, 5) is 28.0. The molecule has 0 saturated carbocycles. The van der Waals surface area contributed by atoms with Gasteiger partial charge in [0.25, 0.3) is 10.0 Å². The number of carbonyl (C=O) groups is 2. The second-order valence-electron chi connectivity index (χ2n) is 9.27. The van der Waals surface area contributed by atoms with E-state index in [2.05, 4.69) is 5.32 Å². The van der Waals surface area contributed by atoms with E-state index in [1.54, 1.807) is 25.1 Å². The topological polar surface area (TPSA) is 86.8 Å². The molecule has 3 aromatic carbocycles. The molecule has 1 atom stereocenters. The van der Waals surface area contributed by atoms with Crippen molar-refractivity contribution in [2.45, 2.75) is 51.2 Å². The average Bonchev–Trinajstić information content (AvgIpc) is 2.88. The van der Waals surface area contributed by atoms with Crippen molar-refractivity contribution in [2.75, 3.05) is 10.8 Å². The molecule has 0 aliphatic carbocycles. The van der Waals surface area contributed by atoms with E-state index >= 15 is 0 Å². The lowest BCUT2D eigenvalue weighted by molar-refractivity contribution is -0.139. The molecule has 7 nitrogen and oxygen atoms in total. The molecular weight excluding hydrogens is 529 g/mol. The summed E-state index contributed by atoms with van der Waals surface area (Å²) in [6, 6.07) is 17.5. The van der Waals surface area contributed by atoms with Gasteiger partial charge in [0.2, 0.25) is 11.8 Å². The van der Waals surface area contributed by atoms with Crippen molar-refractivity contribution in [1.29, 1.82) is 0 Å². The van der Waals surface area contributed by atoms with E-state index < -0.39 is 34.3 Å². The molecule has 1 N–H and O–H groups in total. The third kappa shape index (κ3) is 7.11. The van der Waals surface area contributed by atoms with E-state index in [0.717, 1.165) is 27.6 Å². The van der Waals surface area contributed by atoms with Crippen molar-refractivity contribution in [3.8, 4) is 0 Å². The lowest BCUT2D eigenvalue weighted by atomic mass is 10.1. The number of aryl methyl sites for hydroxylation is 1. The van der Waals surface area contributed by atoms with Crippen LogP contribution in [0.5, 0.6) is 0 Å². The zero-order chi connectivity index (χ0) is 28.0. The molecule has 202 valence electrons. The van der Waals surface area contributed by atoms with E-state index in [9.17, 15) is 22.4 Å². The first kappa shape index (κ1) is 29.1. The molecule has 3 aromatic rings. The maximum atomic E-state index is 13.9. The molecule has 2 amide bonds. The van der Waals surface area contributed by atoms with Crippen LogP contribution in [-0.2, 0) is 26.2 Å². The van der Waals surface area contributed by atoms with Crippen molar-refractivity contribution < 1.29 is 22.4 Å². The van der Waals surface area contributed by atoms with Crippen LogP contribution in [0.1, 0.15) is 31.9 Å². The second kappa shape index (κ2) is 12.4. The lowest BCUT2D eigenvalue weighted by Crippen LogP contribution is -2.52. The fourth-order valence-electron chi connectivity index (χ4n) is 3.77. The Balaban J connectivity index is 2.04. The van der Waals surface area contributed by atoms with E-state index in [-0.39, 0.29) is 34.1 Å². The van der Waals surface area contributed by atoms with Crippen molar-refractivity contribution in [3.63, 3.8) is 0 Å². The van der Waals surface area contributed by atoms with Gasteiger partial charge in [-0.3, -0.25) is 13.9 Å². The van der Waals surface area contributed by atoms with Gasteiger partial charge in [0, 0.05) is 12.6 Å². The minimum atomic E-state index is -4.25. The average molecular weight is 560 g/mol. The zero-order valence-corrected chi connectivity index (χ0v) is 23.3. The molecule has 3 rings (SSSR count). The summed E-state index contributed by atoms with van der Waals surface area (Å²) in [5, 5.41) is 2.52. The number of nitrogens with zero attached hydrogens (tertiary/aromatic N) is 2. The molecule has 0 spiro atoms. The van der Waals surface area contributed by atoms with Crippen LogP contribution in [-0.4, -0.2) is 43.8 Å². The van der Waals surface area contributed by atoms with Crippen molar-refractivity contribution in [3.05, 3.63) is 94.8 Å². The van der Waals surface area contributed by atoms with Crippen LogP contribution in [0.25, 0.3) is 0 Å². The first-order chi connectivity index (χ1) is 17.9. The van der Waals surface area contributed by atoms with Crippen LogP contribution in [0.15, 0.2) is 77.7 Å². The minimum absolute atomic E-state index is 0.0168. The van der Waals surface area contributed by atoms with Crippen LogP contribution >= 0.6 is 11.6 Å². The van der Waals surface area contributed by atoms with Gasteiger partial charge in [-0.05, 0) is 63.6 Å². The van der Waals surface area contributed by atoms with Gasteiger partial charge in [0.05, 0.1) is 15.6 Å². The number of amides is 2. The van der Waals surface area contributed by atoms with Gasteiger partial charge < -0.3 is 10.2 Å². The molecule has 0 aliphatic rings. The number of hydrogen-bond donors (Lipinski definition) is 1. The Morgan fingerprint density at radius 1 is 0.974 bits per heavy atom. The highest BCUT2D eigenvalue weighted by Crippen LogP contribution is 2.28. The number of nitrogens with one attached hydrogen (secondary N) is 1. The zero-order valence-electron chi connectivity index (χ0n) is 21.7. The summed E-state index contributed by atoms with van der Waals surface area (Å²) in [6.07, 6.45) is 0. The Morgan fingerprint density at radius 2 is 1.61 bits per heavy atom. The first-order valence-corrected chi connectivity index (χ1v) is 13.9. The van der Waals surface area contributed by atoms with Crippen LogP contribution in [0.2, 0.25) is 5.02 Å². The van der Waals surface area contributed by atoms with Crippen molar-refractivity contribution >= 4 is 39.1 Å². The standard InChI is InChI=1S/C28H31ClFN3O4S/c1-19(2)31-28(35)21(4)32(17-22-12-10-20(3)11-13-22)27(34)18-33(23-14-15-26(30)25(29)16-23)38(36,37)24-8-6-5-7-9-24/h5-16,19,21H,17-18H2,1-4H3,(H,31,35). The van der Waals surface area contributed by atoms with E-state index in [4.69, 9.17) is 11.6 Å². The SMILES string of the molecule is Cc1ccc(CN(C(=O)CN(c2ccc(F)c(Cl)c2)S(=O)(=O)c2ccccc2)C(C)C(=O)NC(C)C)cc1. The number of halogens is 2. The van der Waals surface area contributed by atoms with Gasteiger partial charge in [0.1, 0.15) is 18.4 Å². The smallest absolute Gasteiger partial charge is 0.264 e. The molecule has 0 radical (unpaired) electrons. The minimum Gasteiger partial charge on any atom is -0.352 e. The summed E-state index contributed by atoms with van der Waals surface area (Å²) in [7, 11) is -4.25. The molecule has 0 saturated heterocycles. The monoisotopic (exact) mass is 559 g/mol. The molecule has 10 heteroatoms. The molecule has 0 aromatic heterocycles. The Hall–Kier alpha value is -3.43. The molecule has 0 heterocycles. The third-order valence-corrected chi connectivity index (χ3v) is 7.95. The molecule has 1 unspecified atom stereocenters. The predicted molar refractivity (Wildman–Crippen MR) is 147 cm³/mol. The van der Waals surface area contributed by atoms with Crippen molar-refractivity contribution in [1.82, 2.24) is 10.2 Å². The number of carbonyl (C=O) groups excluding carboxylic acids is 2. The predicted octanol–water partition coefficient (Wildman–Crippen LogP) is 4.92. The summed E-state index contributed by atoms with van der Waals surface area (Å²) in [5.41, 5.74) is 1.82. The summed E-state index contributed by atoms with van der Waals surface area (Å²) >= 11 is 5.97. The first-order valence-electron chi connectivity index (χ1n) is 12.1. The van der Waals surface area contributed by atoms with E-state index in [1.807, 2.05) is 45.0 Å². The number of hydrogen-bond acceptors (Lipinski definition) is 4. The number of benzene rings is 3. The Morgan fingerprint density at radius 3 is 2.18 bits per heavy atom. The highest BCUT2D eigenvalue weighted by atomic mass is 35.5. The highest BCUT2D eigenvalue weighted by molar-refractivity contribution is 7.92. The van der Waals surface area contributed by atoms with Crippen molar-refractivity contribution in [2.24, 2.45) is 0 Å². The van der Waals surface area contributed by atoms with Gasteiger partial charge in [-0.25, -0.2) is 12.8 Å². The largest absolute Gasteiger partial charge is 0.352 e. The Labute approximate surface area is 228 Å².